The van der Waals surface area contributed by atoms with E-state index < -0.39 is 12.0 Å². The molecule has 0 saturated carbocycles. The van der Waals surface area contributed by atoms with Crippen molar-refractivity contribution < 1.29 is 9.90 Å². The van der Waals surface area contributed by atoms with E-state index in [1.807, 2.05) is 18.2 Å². The molecular formula is C10H10BrNO2. The molecule has 1 aromatic carbocycles. The molecule has 0 saturated heterocycles. The first-order valence-electron chi connectivity index (χ1n) is 4.43. The van der Waals surface area contributed by atoms with Gasteiger partial charge in [-0.3, -0.25) is 4.79 Å². The summed E-state index contributed by atoms with van der Waals surface area (Å²) in [6.07, 6.45) is 0.887. The van der Waals surface area contributed by atoms with Crippen LogP contribution in [0.4, 0.5) is 0 Å². The molecule has 3 nitrogen and oxygen atoms in total. The molecule has 1 aliphatic heterocycles. The summed E-state index contributed by atoms with van der Waals surface area (Å²) in [6, 6.07) is 5.19. The van der Waals surface area contributed by atoms with Gasteiger partial charge < -0.3 is 10.4 Å². The van der Waals surface area contributed by atoms with Crippen molar-refractivity contribution in [2.75, 3.05) is 6.54 Å². The highest BCUT2D eigenvalue weighted by Gasteiger charge is 2.25. The Kier molecular flexibility index (Phi) is 2.56. The molecule has 0 fully saturated rings. The topological polar surface area (TPSA) is 49.3 Å². The molecule has 1 unspecified atom stereocenters. The molecule has 0 aromatic heterocycles. The number of halogens is 1. The van der Waals surface area contributed by atoms with Gasteiger partial charge in [0.15, 0.2) is 0 Å². The number of fused-ring (bicyclic) bond motifs is 1. The van der Waals surface area contributed by atoms with Crippen molar-refractivity contribution in [3.63, 3.8) is 0 Å². The maximum Gasteiger partial charge on any atom is 0.325 e. The van der Waals surface area contributed by atoms with Crippen LogP contribution in [0.2, 0.25) is 0 Å². The molecule has 1 aliphatic rings. The van der Waals surface area contributed by atoms with E-state index in [1.165, 1.54) is 0 Å². The van der Waals surface area contributed by atoms with Crippen molar-refractivity contribution in [2.24, 2.45) is 0 Å². The SMILES string of the molecule is O=C(O)C1NCCc2cc(Br)ccc21. The Balaban J connectivity index is 2.44. The molecule has 0 radical (unpaired) electrons. The lowest BCUT2D eigenvalue weighted by molar-refractivity contribution is -0.139. The van der Waals surface area contributed by atoms with Crippen LogP contribution in [0.5, 0.6) is 0 Å². The summed E-state index contributed by atoms with van der Waals surface area (Å²) in [4.78, 5) is 10.9. The summed E-state index contributed by atoms with van der Waals surface area (Å²) in [5.74, 6) is -0.812. The smallest absolute Gasteiger partial charge is 0.325 e. The monoisotopic (exact) mass is 255 g/mol. The maximum atomic E-state index is 10.9. The van der Waals surface area contributed by atoms with E-state index in [0.29, 0.717) is 0 Å². The highest BCUT2D eigenvalue weighted by molar-refractivity contribution is 9.10. The predicted octanol–water partition coefficient (Wildman–Crippen LogP) is 1.72. The third kappa shape index (κ3) is 1.67. The minimum atomic E-state index is -0.812. The van der Waals surface area contributed by atoms with E-state index in [4.69, 9.17) is 5.11 Å². The molecule has 1 atom stereocenters. The second-order valence-corrected chi connectivity index (χ2v) is 4.23. The number of aliphatic carboxylic acids is 1. The first kappa shape index (κ1) is 9.68. The fourth-order valence-electron chi connectivity index (χ4n) is 1.75. The van der Waals surface area contributed by atoms with Gasteiger partial charge in [0.2, 0.25) is 0 Å². The van der Waals surface area contributed by atoms with E-state index in [1.54, 1.807) is 0 Å². The summed E-state index contributed by atoms with van der Waals surface area (Å²) >= 11 is 3.38. The molecule has 74 valence electrons. The normalized spacial score (nSPS) is 20.2. The van der Waals surface area contributed by atoms with Crippen molar-refractivity contribution in [3.8, 4) is 0 Å². The van der Waals surface area contributed by atoms with Gasteiger partial charge in [0.1, 0.15) is 6.04 Å². The third-order valence-corrected chi connectivity index (χ3v) is 2.90. The van der Waals surface area contributed by atoms with E-state index >= 15 is 0 Å². The molecule has 1 heterocycles. The molecule has 0 aliphatic carbocycles. The molecule has 14 heavy (non-hydrogen) atoms. The van der Waals surface area contributed by atoms with Crippen LogP contribution in [-0.2, 0) is 11.2 Å². The molecule has 0 amide bonds. The van der Waals surface area contributed by atoms with Gasteiger partial charge in [0.05, 0.1) is 0 Å². The van der Waals surface area contributed by atoms with E-state index in [9.17, 15) is 4.79 Å². The largest absolute Gasteiger partial charge is 0.480 e. The Morgan fingerprint density at radius 2 is 2.36 bits per heavy atom. The van der Waals surface area contributed by atoms with Gasteiger partial charge in [0.25, 0.3) is 0 Å². The van der Waals surface area contributed by atoms with Crippen LogP contribution in [-0.4, -0.2) is 17.6 Å². The highest BCUT2D eigenvalue weighted by atomic mass is 79.9. The number of nitrogens with one attached hydrogen (secondary N) is 1. The summed E-state index contributed by atoms with van der Waals surface area (Å²) in [5.41, 5.74) is 2.00. The quantitative estimate of drug-likeness (QED) is 0.804. The zero-order chi connectivity index (χ0) is 10.1. The zero-order valence-electron chi connectivity index (χ0n) is 7.46. The Bertz CT molecular complexity index is 378. The zero-order valence-corrected chi connectivity index (χ0v) is 9.04. The fourth-order valence-corrected chi connectivity index (χ4v) is 2.16. The number of carboxylic acid groups (broad SMARTS) is 1. The van der Waals surface area contributed by atoms with Gasteiger partial charge in [-0.2, -0.15) is 0 Å². The van der Waals surface area contributed by atoms with Crippen molar-refractivity contribution in [1.82, 2.24) is 5.32 Å². The first-order chi connectivity index (χ1) is 6.68. The standard InChI is InChI=1S/C10H10BrNO2/c11-7-1-2-8-6(5-7)3-4-12-9(8)10(13)14/h1-2,5,9,12H,3-4H2,(H,13,14). The van der Waals surface area contributed by atoms with Crippen molar-refractivity contribution >= 4 is 21.9 Å². The average Bonchev–Trinajstić information content (AvgIpc) is 2.16. The molecule has 0 spiro atoms. The Morgan fingerprint density at radius 3 is 3.07 bits per heavy atom. The van der Waals surface area contributed by atoms with Crippen LogP contribution in [0.1, 0.15) is 17.2 Å². The second-order valence-electron chi connectivity index (χ2n) is 3.32. The lowest BCUT2D eigenvalue weighted by Gasteiger charge is -2.23. The molecule has 1 aromatic rings. The number of carboxylic acids is 1. The predicted molar refractivity (Wildman–Crippen MR) is 56.2 cm³/mol. The molecule has 0 bridgehead atoms. The van der Waals surface area contributed by atoms with Crippen LogP contribution in [0.3, 0.4) is 0 Å². The van der Waals surface area contributed by atoms with Gasteiger partial charge in [0, 0.05) is 11.0 Å². The summed E-state index contributed by atoms with van der Waals surface area (Å²) in [7, 11) is 0. The Morgan fingerprint density at radius 1 is 1.57 bits per heavy atom. The summed E-state index contributed by atoms with van der Waals surface area (Å²) in [5, 5.41) is 12.0. The van der Waals surface area contributed by atoms with E-state index in [-0.39, 0.29) is 0 Å². The van der Waals surface area contributed by atoms with Crippen LogP contribution >= 0.6 is 15.9 Å². The van der Waals surface area contributed by atoms with Gasteiger partial charge in [-0.1, -0.05) is 22.0 Å². The summed E-state index contributed by atoms with van der Waals surface area (Å²) in [6.45, 7) is 0.723. The molecular weight excluding hydrogens is 246 g/mol. The lowest BCUT2D eigenvalue weighted by atomic mass is 9.94. The van der Waals surface area contributed by atoms with Gasteiger partial charge in [-0.05, 0) is 29.7 Å². The third-order valence-electron chi connectivity index (χ3n) is 2.41. The van der Waals surface area contributed by atoms with Crippen LogP contribution in [0, 0.1) is 0 Å². The van der Waals surface area contributed by atoms with E-state index in [0.717, 1.165) is 28.6 Å². The summed E-state index contributed by atoms with van der Waals surface area (Å²) < 4.78 is 1.00. The fraction of sp³-hybridized carbons (Fsp3) is 0.300. The second kappa shape index (κ2) is 3.71. The number of carbonyl (C=O) groups is 1. The van der Waals surface area contributed by atoms with Crippen LogP contribution in [0.25, 0.3) is 0 Å². The molecule has 4 heteroatoms. The van der Waals surface area contributed by atoms with Crippen molar-refractivity contribution in [3.05, 3.63) is 33.8 Å². The lowest BCUT2D eigenvalue weighted by Crippen LogP contribution is -2.34. The van der Waals surface area contributed by atoms with Crippen molar-refractivity contribution in [1.29, 1.82) is 0 Å². The molecule has 2 N–H and O–H groups in total. The number of benzene rings is 1. The number of rotatable bonds is 1. The van der Waals surface area contributed by atoms with Gasteiger partial charge in [-0.25, -0.2) is 0 Å². The van der Waals surface area contributed by atoms with Crippen LogP contribution < -0.4 is 5.32 Å². The number of hydrogen-bond donors (Lipinski definition) is 2. The first-order valence-corrected chi connectivity index (χ1v) is 5.22. The Labute approximate surface area is 90.3 Å². The van der Waals surface area contributed by atoms with Gasteiger partial charge in [-0.15, -0.1) is 0 Å². The van der Waals surface area contributed by atoms with Crippen LogP contribution in [0.15, 0.2) is 22.7 Å². The van der Waals surface area contributed by atoms with Gasteiger partial charge >= 0.3 is 5.97 Å². The maximum absolute atomic E-state index is 10.9. The average molecular weight is 256 g/mol. The van der Waals surface area contributed by atoms with Crippen molar-refractivity contribution in [2.45, 2.75) is 12.5 Å². The Hall–Kier alpha value is -0.870. The van der Waals surface area contributed by atoms with E-state index in [2.05, 4.69) is 21.2 Å². The highest BCUT2D eigenvalue weighted by Crippen LogP contribution is 2.25. The molecule has 2 rings (SSSR count). The number of hydrogen-bond acceptors (Lipinski definition) is 2. The minimum Gasteiger partial charge on any atom is -0.480 e. The minimum absolute atomic E-state index is 0.549.